The summed E-state index contributed by atoms with van der Waals surface area (Å²) in [6.45, 7) is 10.6. The molecular formula is C25H25NO2S3. The molecule has 1 N–H and O–H groups in total. The molecule has 0 saturated carbocycles. The Labute approximate surface area is 197 Å². The van der Waals surface area contributed by atoms with Crippen LogP contribution in [0.2, 0.25) is 0 Å². The summed E-state index contributed by atoms with van der Waals surface area (Å²) >= 11 is 9.08. The van der Waals surface area contributed by atoms with E-state index in [4.69, 9.17) is 17.0 Å². The molecule has 2 aromatic rings. The number of thioether (sulfide) groups is 2. The number of rotatable bonds is 3. The van der Waals surface area contributed by atoms with Crippen LogP contribution < -0.4 is 5.32 Å². The third kappa shape index (κ3) is 4.09. The van der Waals surface area contributed by atoms with Gasteiger partial charge in [-0.25, -0.2) is 4.79 Å². The Bertz CT molecular complexity index is 1150. The van der Waals surface area contributed by atoms with E-state index in [2.05, 4.69) is 45.1 Å². The van der Waals surface area contributed by atoms with Gasteiger partial charge in [0, 0.05) is 26.6 Å². The van der Waals surface area contributed by atoms with Crippen LogP contribution in [0.1, 0.15) is 43.0 Å². The Kier molecular flexibility index (Phi) is 6.08. The third-order valence-electron chi connectivity index (χ3n) is 5.44. The summed E-state index contributed by atoms with van der Waals surface area (Å²) in [5.41, 5.74) is 6.32. The van der Waals surface area contributed by atoms with Crippen LogP contribution in [0, 0.1) is 13.8 Å². The van der Waals surface area contributed by atoms with Crippen molar-refractivity contribution in [3.05, 3.63) is 73.9 Å². The second kappa shape index (κ2) is 8.49. The zero-order valence-corrected chi connectivity index (χ0v) is 20.7. The highest BCUT2D eigenvalue weighted by molar-refractivity contribution is 8.32. The fourth-order valence-electron chi connectivity index (χ4n) is 3.67. The lowest BCUT2D eigenvalue weighted by Gasteiger charge is -2.37. The molecule has 4 rings (SSSR count). The highest BCUT2D eigenvalue weighted by Gasteiger charge is 2.39. The molecule has 0 amide bonds. The second-order valence-corrected chi connectivity index (χ2v) is 10.9. The van der Waals surface area contributed by atoms with Gasteiger partial charge in [0.25, 0.3) is 0 Å². The summed E-state index contributed by atoms with van der Waals surface area (Å²) in [7, 11) is 0. The molecule has 0 aliphatic carbocycles. The summed E-state index contributed by atoms with van der Waals surface area (Å²) < 4.78 is 6.42. The van der Waals surface area contributed by atoms with Crippen molar-refractivity contribution in [2.45, 2.75) is 40.2 Å². The van der Waals surface area contributed by atoms with Crippen LogP contribution in [-0.4, -0.2) is 23.0 Å². The monoisotopic (exact) mass is 467 g/mol. The molecule has 160 valence electrons. The van der Waals surface area contributed by atoms with Crippen LogP contribution in [0.4, 0.5) is 5.69 Å². The Hall–Kier alpha value is -2.02. The molecule has 2 aromatic carbocycles. The minimum Gasteiger partial charge on any atom is -0.462 e. The Balaban J connectivity index is 1.89. The van der Waals surface area contributed by atoms with Gasteiger partial charge in [-0.05, 0) is 63.4 Å². The molecule has 0 aromatic heterocycles. The average Bonchev–Trinajstić information content (AvgIpc) is 3.16. The minimum atomic E-state index is -0.368. The number of esters is 1. The van der Waals surface area contributed by atoms with Crippen LogP contribution in [0.3, 0.4) is 0 Å². The Morgan fingerprint density at radius 3 is 2.45 bits per heavy atom. The first-order valence-corrected chi connectivity index (χ1v) is 12.3. The maximum atomic E-state index is 12.8. The maximum absolute atomic E-state index is 12.8. The number of nitrogens with one attached hydrogen (secondary N) is 1. The number of carbonyl (C=O) groups is 1. The van der Waals surface area contributed by atoms with E-state index in [1.54, 1.807) is 11.8 Å². The molecule has 31 heavy (non-hydrogen) atoms. The zero-order chi connectivity index (χ0) is 22.3. The standard InChI is InChI=1S/C25H25NO2S3/c1-6-28-23(27)21-20(16-10-8-7-9-11-16)30-24(31-21)19-17-12-14(2)15(3)13-18(17)26-25(4,5)22(19)29/h7-13,26H,6H2,1-5H3/b24-19+. The van der Waals surface area contributed by atoms with Crippen LogP contribution in [0.15, 0.2) is 51.6 Å². The minimum absolute atomic E-state index is 0.283. The first-order chi connectivity index (χ1) is 14.7. The molecule has 0 bridgehead atoms. The van der Waals surface area contributed by atoms with E-state index in [1.165, 1.54) is 22.9 Å². The van der Waals surface area contributed by atoms with E-state index in [1.807, 2.05) is 37.3 Å². The van der Waals surface area contributed by atoms with Gasteiger partial charge in [-0.3, -0.25) is 0 Å². The number of hydrogen-bond donors (Lipinski definition) is 1. The number of anilines is 1. The van der Waals surface area contributed by atoms with Crippen LogP contribution in [0.25, 0.3) is 10.5 Å². The first kappa shape index (κ1) is 22.2. The maximum Gasteiger partial charge on any atom is 0.346 e. The van der Waals surface area contributed by atoms with E-state index in [0.29, 0.717) is 11.5 Å². The lowest BCUT2D eigenvalue weighted by Crippen LogP contribution is -2.43. The number of hydrogen-bond acceptors (Lipinski definition) is 6. The van der Waals surface area contributed by atoms with Crippen molar-refractivity contribution in [3.8, 4) is 0 Å². The Morgan fingerprint density at radius 1 is 1.10 bits per heavy atom. The third-order valence-corrected chi connectivity index (χ3v) is 8.78. The smallest absolute Gasteiger partial charge is 0.346 e. The summed E-state index contributed by atoms with van der Waals surface area (Å²) in [5, 5.41) is 3.61. The highest BCUT2D eigenvalue weighted by atomic mass is 32.2. The SMILES string of the molecule is CCOC(=O)C1=C(c2ccccc2)S/C(=C2\C(=S)C(C)(C)Nc3cc(C)c(C)cc32)S1. The summed E-state index contributed by atoms with van der Waals surface area (Å²) in [6, 6.07) is 14.4. The van der Waals surface area contributed by atoms with Crippen molar-refractivity contribution < 1.29 is 9.53 Å². The first-order valence-electron chi connectivity index (χ1n) is 10.2. The lowest BCUT2D eigenvalue weighted by atomic mass is 9.84. The number of benzene rings is 2. The van der Waals surface area contributed by atoms with Gasteiger partial charge in [-0.1, -0.05) is 66.1 Å². The van der Waals surface area contributed by atoms with Crippen LogP contribution >= 0.6 is 35.7 Å². The van der Waals surface area contributed by atoms with E-state index >= 15 is 0 Å². The van der Waals surface area contributed by atoms with Crippen molar-refractivity contribution >= 4 is 62.7 Å². The number of carbonyl (C=O) groups excluding carboxylic acids is 1. The predicted molar refractivity (Wildman–Crippen MR) is 138 cm³/mol. The lowest BCUT2D eigenvalue weighted by molar-refractivity contribution is -0.137. The Morgan fingerprint density at radius 2 is 1.77 bits per heavy atom. The van der Waals surface area contributed by atoms with Crippen LogP contribution in [-0.2, 0) is 9.53 Å². The fourth-order valence-corrected chi connectivity index (χ4v) is 6.76. The summed E-state index contributed by atoms with van der Waals surface area (Å²) in [5.74, 6) is -0.283. The predicted octanol–water partition coefficient (Wildman–Crippen LogP) is 6.96. The number of ether oxygens (including phenoxy) is 1. The van der Waals surface area contributed by atoms with E-state index in [0.717, 1.165) is 36.4 Å². The van der Waals surface area contributed by atoms with Gasteiger partial charge < -0.3 is 10.1 Å². The molecule has 2 aliphatic heterocycles. The summed E-state index contributed by atoms with van der Waals surface area (Å²) in [6.07, 6.45) is 0. The molecule has 0 spiro atoms. The van der Waals surface area contributed by atoms with E-state index in [9.17, 15) is 4.79 Å². The van der Waals surface area contributed by atoms with Gasteiger partial charge in [-0.15, -0.1) is 0 Å². The van der Waals surface area contributed by atoms with E-state index in [-0.39, 0.29) is 11.5 Å². The molecule has 2 aliphatic rings. The molecule has 0 fully saturated rings. The van der Waals surface area contributed by atoms with Gasteiger partial charge in [0.1, 0.15) is 4.91 Å². The van der Waals surface area contributed by atoms with Gasteiger partial charge in [0.15, 0.2) is 0 Å². The van der Waals surface area contributed by atoms with Crippen molar-refractivity contribution in [1.29, 1.82) is 0 Å². The quantitative estimate of drug-likeness (QED) is 0.299. The van der Waals surface area contributed by atoms with Crippen molar-refractivity contribution in [1.82, 2.24) is 0 Å². The normalized spacial score (nSPS) is 19.8. The molecule has 6 heteroatoms. The fraction of sp³-hybridized carbons (Fsp3) is 0.280. The molecule has 0 saturated heterocycles. The largest absolute Gasteiger partial charge is 0.462 e. The van der Waals surface area contributed by atoms with Gasteiger partial charge in [0.2, 0.25) is 0 Å². The number of fused-ring (bicyclic) bond motifs is 1. The van der Waals surface area contributed by atoms with Crippen LogP contribution in [0.5, 0.6) is 0 Å². The molecule has 0 atom stereocenters. The summed E-state index contributed by atoms with van der Waals surface area (Å²) in [4.78, 5) is 15.2. The molecule has 2 heterocycles. The van der Waals surface area contributed by atoms with Gasteiger partial charge in [-0.2, -0.15) is 0 Å². The van der Waals surface area contributed by atoms with Crippen molar-refractivity contribution in [2.24, 2.45) is 0 Å². The molecular weight excluding hydrogens is 442 g/mol. The zero-order valence-electron chi connectivity index (χ0n) is 18.3. The number of thiocarbonyl (C=S) groups is 1. The van der Waals surface area contributed by atoms with Crippen molar-refractivity contribution in [3.63, 3.8) is 0 Å². The second-order valence-electron chi connectivity index (χ2n) is 8.17. The van der Waals surface area contributed by atoms with Crippen molar-refractivity contribution in [2.75, 3.05) is 11.9 Å². The topological polar surface area (TPSA) is 38.3 Å². The number of aryl methyl sites for hydroxylation is 2. The highest BCUT2D eigenvalue weighted by Crippen LogP contribution is 2.58. The molecule has 3 nitrogen and oxygen atoms in total. The average molecular weight is 468 g/mol. The van der Waals surface area contributed by atoms with Gasteiger partial charge >= 0.3 is 5.97 Å². The molecule has 0 unspecified atom stereocenters. The molecule has 0 radical (unpaired) electrons. The van der Waals surface area contributed by atoms with E-state index < -0.39 is 0 Å². The van der Waals surface area contributed by atoms with Gasteiger partial charge in [0.05, 0.1) is 16.4 Å².